The zero-order valence-electron chi connectivity index (χ0n) is 23.9. The van der Waals surface area contributed by atoms with Crippen molar-refractivity contribution in [3.8, 4) is 0 Å². The number of nitrogens with one attached hydrogen (secondary N) is 1. The molecule has 7 nitrogen and oxygen atoms in total. The second-order valence-corrected chi connectivity index (χ2v) is 13.5. The second kappa shape index (κ2) is 14.4. The Balaban J connectivity index is 1.71. The van der Waals surface area contributed by atoms with E-state index in [0.717, 1.165) is 47.5 Å². The Morgan fingerprint density at radius 1 is 0.929 bits per heavy atom. The average molecular weight is 631 g/mol. The predicted octanol–water partition coefficient (Wildman–Crippen LogP) is 6.75. The summed E-state index contributed by atoms with van der Waals surface area (Å²) in [5.41, 5.74) is 2.05. The van der Waals surface area contributed by atoms with E-state index < -0.39 is 28.5 Å². The van der Waals surface area contributed by atoms with Gasteiger partial charge in [-0.15, -0.1) is 0 Å². The van der Waals surface area contributed by atoms with Crippen molar-refractivity contribution in [3.05, 3.63) is 94.0 Å². The number of benzene rings is 3. The van der Waals surface area contributed by atoms with Crippen molar-refractivity contribution in [2.75, 3.05) is 10.8 Å². The molecule has 3 aromatic carbocycles. The number of hydrogen-bond donors (Lipinski definition) is 1. The van der Waals surface area contributed by atoms with Crippen LogP contribution in [0.5, 0.6) is 0 Å². The number of anilines is 1. The highest BCUT2D eigenvalue weighted by molar-refractivity contribution is 7.92. The smallest absolute Gasteiger partial charge is 0.264 e. The highest BCUT2D eigenvalue weighted by atomic mass is 35.5. The van der Waals surface area contributed by atoms with Gasteiger partial charge in [-0.2, -0.15) is 0 Å². The molecular weight excluding hydrogens is 593 g/mol. The van der Waals surface area contributed by atoms with Crippen molar-refractivity contribution in [2.24, 2.45) is 0 Å². The zero-order chi connectivity index (χ0) is 30.3. The van der Waals surface area contributed by atoms with Crippen LogP contribution in [0.4, 0.5) is 5.69 Å². The average Bonchev–Trinajstić information content (AvgIpc) is 2.97. The van der Waals surface area contributed by atoms with Crippen LogP contribution in [0.15, 0.2) is 77.7 Å². The molecule has 0 bridgehead atoms. The fourth-order valence-electron chi connectivity index (χ4n) is 5.29. The topological polar surface area (TPSA) is 86.8 Å². The number of sulfonamides is 1. The molecule has 0 aliphatic heterocycles. The van der Waals surface area contributed by atoms with E-state index in [1.165, 1.54) is 35.2 Å². The maximum absolute atomic E-state index is 14.2. The Labute approximate surface area is 258 Å². The molecule has 1 saturated carbocycles. The van der Waals surface area contributed by atoms with Gasteiger partial charge in [0.2, 0.25) is 11.8 Å². The van der Waals surface area contributed by atoms with Gasteiger partial charge in [0.15, 0.2) is 0 Å². The SMILES string of the molecule is CCC(C(=O)NC1CCCCC1)N(Cc1ccc(C)cc1)C(=O)CN(c1cc(Cl)cc(Cl)c1)S(=O)(=O)c1ccccc1. The summed E-state index contributed by atoms with van der Waals surface area (Å²) < 4.78 is 28.9. The van der Waals surface area contributed by atoms with Gasteiger partial charge in [-0.1, -0.05) is 97.4 Å². The van der Waals surface area contributed by atoms with Gasteiger partial charge in [0.05, 0.1) is 10.6 Å². The number of hydrogen-bond acceptors (Lipinski definition) is 4. The predicted molar refractivity (Wildman–Crippen MR) is 168 cm³/mol. The Hall–Kier alpha value is -3.07. The van der Waals surface area contributed by atoms with E-state index in [0.29, 0.717) is 6.42 Å². The zero-order valence-corrected chi connectivity index (χ0v) is 26.3. The molecule has 0 aromatic heterocycles. The number of carbonyl (C=O) groups excluding carboxylic acids is 2. The molecule has 42 heavy (non-hydrogen) atoms. The molecule has 0 heterocycles. The van der Waals surface area contributed by atoms with Crippen LogP contribution in [0.3, 0.4) is 0 Å². The number of aryl methyl sites for hydroxylation is 1. The number of nitrogens with zero attached hydrogens (tertiary/aromatic N) is 2. The first-order chi connectivity index (χ1) is 20.1. The van der Waals surface area contributed by atoms with Crippen LogP contribution < -0.4 is 9.62 Å². The van der Waals surface area contributed by atoms with Crippen molar-refractivity contribution in [1.29, 1.82) is 0 Å². The Kier molecular flexibility index (Phi) is 10.9. The molecule has 3 aromatic rings. The van der Waals surface area contributed by atoms with E-state index in [2.05, 4.69) is 5.32 Å². The van der Waals surface area contributed by atoms with E-state index in [9.17, 15) is 18.0 Å². The number of amides is 2. The van der Waals surface area contributed by atoms with Crippen molar-refractivity contribution < 1.29 is 18.0 Å². The maximum atomic E-state index is 14.2. The normalized spacial score (nSPS) is 14.7. The molecule has 0 radical (unpaired) electrons. The lowest BCUT2D eigenvalue weighted by Crippen LogP contribution is -2.54. The first-order valence-electron chi connectivity index (χ1n) is 14.3. The minimum Gasteiger partial charge on any atom is -0.352 e. The van der Waals surface area contributed by atoms with Crippen molar-refractivity contribution >= 4 is 50.7 Å². The molecule has 1 N–H and O–H groups in total. The van der Waals surface area contributed by atoms with Crippen molar-refractivity contribution in [1.82, 2.24) is 10.2 Å². The quantitative estimate of drug-likeness (QED) is 0.254. The van der Waals surface area contributed by atoms with Crippen LogP contribution in [0.2, 0.25) is 10.0 Å². The summed E-state index contributed by atoms with van der Waals surface area (Å²) in [5.74, 6) is -0.745. The molecule has 1 aliphatic rings. The van der Waals surface area contributed by atoms with Crippen LogP contribution in [-0.2, 0) is 26.2 Å². The Bertz CT molecular complexity index is 1460. The summed E-state index contributed by atoms with van der Waals surface area (Å²) in [7, 11) is -4.20. The van der Waals surface area contributed by atoms with Gasteiger partial charge in [0.1, 0.15) is 12.6 Å². The van der Waals surface area contributed by atoms with Gasteiger partial charge >= 0.3 is 0 Å². The number of rotatable bonds is 11. The van der Waals surface area contributed by atoms with E-state index in [1.54, 1.807) is 18.2 Å². The molecule has 1 aliphatic carbocycles. The van der Waals surface area contributed by atoms with Crippen LogP contribution in [0, 0.1) is 6.92 Å². The number of carbonyl (C=O) groups is 2. The molecule has 1 unspecified atom stereocenters. The molecular formula is C32H37Cl2N3O4S. The first kappa shape index (κ1) is 31.9. The Morgan fingerprint density at radius 3 is 2.14 bits per heavy atom. The first-order valence-corrected chi connectivity index (χ1v) is 16.5. The minimum atomic E-state index is -4.20. The maximum Gasteiger partial charge on any atom is 0.264 e. The summed E-state index contributed by atoms with van der Waals surface area (Å²) in [5, 5.41) is 3.62. The van der Waals surface area contributed by atoms with E-state index in [-0.39, 0.29) is 39.1 Å². The molecule has 2 amide bonds. The van der Waals surface area contributed by atoms with Gasteiger partial charge < -0.3 is 10.2 Å². The lowest BCUT2D eigenvalue weighted by Gasteiger charge is -2.34. The lowest BCUT2D eigenvalue weighted by molar-refractivity contribution is -0.140. The lowest BCUT2D eigenvalue weighted by atomic mass is 9.95. The van der Waals surface area contributed by atoms with Crippen LogP contribution >= 0.6 is 23.2 Å². The van der Waals surface area contributed by atoms with E-state index in [1.807, 2.05) is 38.1 Å². The number of halogens is 2. The van der Waals surface area contributed by atoms with Crippen molar-refractivity contribution in [3.63, 3.8) is 0 Å². The van der Waals surface area contributed by atoms with E-state index >= 15 is 0 Å². The van der Waals surface area contributed by atoms with Gasteiger partial charge in [-0.3, -0.25) is 13.9 Å². The van der Waals surface area contributed by atoms with Gasteiger partial charge in [0, 0.05) is 22.6 Å². The molecule has 1 atom stereocenters. The summed E-state index contributed by atoms with van der Waals surface area (Å²) in [4.78, 5) is 29.3. The largest absolute Gasteiger partial charge is 0.352 e. The Morgan fingerprint density at radius 2 is 1.55 bits per heavy atom. The molecule has 0 saturated heterocycles. The monoisotopic (exact) mass is 629 g/mol. The van der Waals surface area contributed by atoms with E-state index in [4.69, 9.17) is 23.2 Å². The van der Waals surface area contributed by atoms with Gasteiger partial charge in [-0.05, 0) is 62.1 Å². The third-order valence-corrected chi connectivity index (χ3v) is 9.78. The molecule has 4 rings (SSSR count). The molecule has 10 heteroatoms. The summed E-state index contributed by atoms with van der Waals surface area (Å²) in [6.45, 7) is 3.43. The van der Waals surface area contributed by atoms with Gasteiger partial charge in [0.25, 0.3) is 10.0 Å². The standard InChI is InChI=1S/C32H37Cl2N3O4S/c1-3-30(32(39)35-27-10-6-4-7-11-27)36(21-24-16-14-23(2)15-17-24)31(38)22-37(28-19-25(33)18-26(34)20-28)42(40,41)29-12-8-5-9-13-29/h5,8-9,12-20,27,30H,3-4,6-7,10-11,21-22H2,1-2H3,(H,35,39). The summed E-state index contributed by atoms with van der Waals surface area (Å²) in [6, 6.07) is 19.3. The molecule has 224 valence electrons. The highest BCUT2D eigenvalue weighted by Crippen LogP contribution is 2.30. The summed E-state index contributed by atoms with van der Waals surface area (Å²) in [6.07, 6.45) is 5.45. The molecule has 1 fully saturated rings. The molecule has 0 spiro atoms. The third kappa shape index (κ3) is 8.06. The fraction of sp³-hybridized carbons (Fsp3) is 0.375. The summed E-state index contributed by atoms with van der Waals surface area (Å²) >= 11 is 12.5. The van der Waals surface area contributed by atoms with Gasteiger partial charge in [-0.25, -0.2) is 8.42 Å². The van der Waals surface area contributed by atoms with Crippen LogP contribution in [0.25, 0.3) is 0 Å². The van der Waals surface area contributed by atoms with Crippen molar-refractivity contribution in [2.45, 2.75) is 75.9 Å². The third-order valence-electron chi connectivity index (χ3n) is 7.56. The van der Waals surface area contributed by atoms with Crippen LogP contribution in [-0.4, -0.2) is 43.8 Å². The van der Waals surface area contributed by atoms with Crippen LogP contribution in [0.1, 0.15) is 56.6 Å². The second-order valence-electron chi connectivity index (χ2n) is 10.7. The minimum absolute atomic E-state index is 0.0149. The fourth-order valence-corrected chi connectivity index (χ4v) is 7.22. The highest BCUT2D eigenvalue weighted by Gasteiger charge is 2.34.